The van der Waals surface area contributed by atoms with Crippen molar-refractivity contribution in [2.75, 3.05) is 6.54 Å². The van der Waals surface area contributed by atoms with Crippen LogP contribution in [0.4, 0.5) is 0 Å². The van der Waals surface area contributed by atoms with Crippen molar-refractivity contribution in [1.29, 1.82) is 0 Å². The molecule has 172 valence electrons. The first-order valence-electron chi connectivity index (χ1n) is 10.8. The van der Waals surface area contributed by atoms with Crippen LogP contribution in [0.5, 0.6) is 0 Å². The second kappa shape index (κ2) is 9.57. The molecule has 0 spiro atoms. The van der Waals surface area contributed by atoms with Gasteiger partial charge in [0.2, 0.25) is 0 Å². The largest absolute Gasteiger partial charge is 0.464 e. The number of aromatic nitrogens is 3. The fourth-order valence-electron chi connectivity index (χ4n) is 3.74. The van der Waals surface area contributed by atoms with Gasteiger partial charge in [-0.1, -0.05) is 49.3 Å². The molecule has 9 heteroatoms. The third-order valence-electron chi connectivity index (χ3n) is 5.44. The Balaban J connectivity index is 1.93. The van der Waals surface area contributed by atoms with E-state index in [-0.39, 0.29) is 21.7 Å². The minimum Gasteiger partial charge on any atom is -0.464 e. The fourth-order valence-corrected chi connectivity index (χ4v) is 4.79. The van der Waals surface area contributed by atoms with Crippen molar-refractivity contribution in [1.82, 2.24) is 19.4 Å². The van der Waals surface area contributed by atoms with Gasteiger partial charge in [0.25, 0.3) is 5.56 Å². The molecule has 1 N–H and O–H groups in total. The number of fused-ring (bicyclic) bond motifs is 1. The molecule has 1 aliphatic rings. The lowest BCUT2D eigenvalue weighted by atomic mass is 9.93. The molecule has 0 unspecified atom stereocenters. The molecule has 33 heavy (non-hydrogen) atoms. The molecular weight excluding hydrogens is 456 g/mol. The van der Waals surface area contributed by atoms with Gasteiger partial charge in [-0.15, -0.1) is 0 Å². The lowest BCUT2D eigenvalue weighted by Crippen LogP contribution is -2.61. The van der Waals surface area contributed by atoms with Gasteiger partial charge in [-0.2, -0.15) is 0 Å². The molecule has 1 aliphatic heterocycles. The van der Waals surface area contributed by atoms with Gasteiger partial charge in [-0.25, -0.2) is 0 Å². The molecule has 0 aliphatic carbocycles. The summed E-state index contributed by atoms with van der Waals surface area (Å²) in [5.41, 5.74) is 1.04. The molecule has 0 saturated carbocycles. The number of hydrogen-bond acceptors (Lipinski definition) is 5. The summed E-state index contributed by atoms with van der Waals surface area (Å²) in [6, 6.07) is 11.2. The Morgan fingerprint density at radius 1 is 1.21 bits per heavy atom. The summed E-state index contributed by atoms with van der Waals surface area (Å²) in [6.07, 6.45) is 3.40. The van der Waals surface area contributed by atoms with Crippen LogP contribution in [0.3, 0.4) is 0 Å². The first kappa shape index (κ1) is 23.3. The van der Waals surface area contributed by atoms with E-state index in [1.807, 2.05) is 43.3 Å². The van der Waals surface area contributed by atoms with E-state index in [1.165, 1.54) is 11.8 Å². The highest BCUT2D eigenvalue weighted by Crippen LogP contribution is 2.24. The first-order chi connectivity index (χ1) is 15.8. The Labute approximate surface area is 201 Å². The van der Waals surface area contributed by atoms with Crippen LogP contribution < -0.4 is 27.2 Å². The molecule has 0 bridgehead atoms. The predicted octanol–water partition coefficient (Wildman–Crippen LogP) is 2.50. The number of rotatable bonds is 6. The van der Waals surface area contributed by atoms with Crippen LogP contribution in [-0.4, -0.2) is 20.7 Å². The molecule has 0 radical (unpaired) electrons. The summed E-state index contributed by atoms with van der Waals surface area (Å²) in [7, 11) is 0. The highest BCUT2D eigenvalue weighted by molar-refractivity contribution is 8.07. The number of benzene rings is 1. The van der Waals surface area contributed by atoms with Crippen LogP contribution in [-0.2, 0) is 19.6 Å². The zero-order valence-electron chi connectivity index (χ0n) is 18.9. The van der Waals surface area contributed by atoms with E-state index in [1.54, 1.807) is 21.5 Å². The van der Waals surface area contributed by atoms with Crippen molar-refractivity contribution in [3.63, 3.8) is 0 Å². The third-order valence-corrected chi connectivity index (χ3v) is 6.75. The zero-order chi connectivity index (χ0) is 23.6. The van der Waals surface area contributed by atoms with Crippen molar-refractivity contribution in [2.45, 2.75) is 45.3 Å². The smallest absolute Gasteiger partial charge is 0.261 e. The van der Waals surface area contributed by atoms with E-state index in [9.17, 15) is 10.2 Å². The summed E-state index contributed by atoms with van der Waals surface area (Å²) < 4.78 is 3.38. The quantitative estimate of drug-likeness (QED) is 0.548. The van der Waals surface area contributed by atoms with Crippen molar-refractivity contribution in [2.24, 2.45) is 10.4 Å². The Morgan fingerprint density at radius 3 is 2.58 bits per heavy atom. The zero-order valence-corrected chi connectivity index (χ0v) is 20.5. The third kappa shape index (κ3) is 5.07. The maximum atomic E-state index is 13.6. The minimum absolute atomic E-state index is 0.0728. The van der Waals surface area contributed by atoms with Crippen molar-refractivity contribution < 1.29 is 0 Å². The average Bonchev–Trinajstić information content (AvgIpc) is 2.79. The highest BCUT2D eigenvalue weighted by Gasteiger charge is 2.21. The summed E-state index contributed by atoms with van der Waals surface area (Å²) in [6.45, 7) is 8.19. The molecule has 2 aromatic heterocycles. The van der Waals surface area contributed by atoms with E-state index in [4.69, 9.17) is 11.6 Å². The van der Waals surface area contributed by atoms with Crippen LogP contribution in [0.2, 0.25) is 5.02 Å². The lowest BCUT2D eigenvalue weighted by Gasteiger charge is -2.34. The molecule has 0 atom stereocenters. The van der Waals surface area contributed by atoms with Crippen LogP contribution in [0, 0.1) is 5.41 Å². The fraction of sp³-hybridized carbons (Fsp3) is 0.333. The van der Waals surface area contributed by atoms with Gasteiger partial charge in [0.05, 0.1) is 10.2 Å². The van der Waals surface area contributed by atoms with Crippen molar-refractivity contribution >= 4 is 28.4 Å². The number of nitrogens with one attached hydrogen (secondary N) is 1. The van der Waals surface area contributed by atoms with Crippen LogP contribution >= 0.6 is 23.4 Å². The van der Waals surface area contributed by atoms with E-state index in [2.05, 4.69) is 29.1 Å². The van der Waals surface area contributed by atoms with E-state index in [0.29, 0.717) is 41.8 Å². The summed E-state index contributed by atoms with van der Waals surface area (Å²) in [4.78, 5) is 23.2. The molecular formula is C24H26ClN6OS-. The van der Waals surface area contributed by atoms with E-state index < -0.39 is 0 Å². The molecule has 3 heterocycles. The maximum absolute atomic E-state index is 13.6. The predicted molar refractivity (Wildman–Crippen MR) is 132 cm³/mol. The second-order valence-electron chi connectivity index (χ2n) is 8.71. The number of halogens is 1. The van der Waals surface area contributed by atoms with E-state index >= 15 is 0 Å². The Hall–Kier alpha value is -2.84. The maximum Gasteiger partial charge on any atom is 0.261 e. The topological polar surface area (TPSA) is 86.5 Å². The van der Waals surface area contributed by atoms with Crippen molar-refractivity contribution in [3.05, 3.63) is 91.5 Å². The molecule has 7 nitrogen and oxygen atoms in total. The molecule has 0 amide bonds. The normalized spacial score (nSPS) is 15.4. The number of hydrogen-bond donors (Lipinski definition) is 1. The molecule has 0 saturated heterocycles. The Bertz CT molecular complexity index is 1390. The first-order valence-corrected chi connectivity index (χ1v) is 12.0. The molecule has 3 aromatic rings. The standard InChI is InChI=1S/C24H26ClN6OS/c1-4-30-22(32)19(20(26)31-15-24(2,3)14-29-23(30)31)21(33-18-9-11-27-12-10-18)28-13-16-5-7-17(25)8-6-16/h5-12,28H,4,13-15H2,1-3H3/q-1/b21-19-. The molecule has 0 fully saturated rings. The Morgan fingerprint density at radius 2 is 1.91 bits per heavy atom. The van der Waals surface area contributed by atoms with Gasteiger partial charge in [0.15, 0.2) is 0 Å². The Kier molecular flexibility index (Phi) is 6.76. The van der Waals surface area contributed by atoms with Gasteiger partial charge >= 0.3 is 0 Å². The second-order valence-corrected chi connectivity index (χ2v) is 10.2. The van der Waals surface area contributed by atoms with Gasteiger partial charge in [0.1, 0.15) is 5.62 Å². The molecule has 4 rings (SSSR count). The number of nitrogens with zero attached hydrogens (tertiary/aromatic N) is 5. The van der Waals surface area contributed by atoms with Gasteiger partial charge in [-0.3, -0.25) is 19.3 Å². The highest BCUT2D eigenvalue weighted by atomic mass is 35.5. The summed E-state index contributed by atoms with van der Waals surface area (Å²) >= 11 is 7.40. The SMILES string of the molecule is CCn1c(=O)/c(=C(/NCc2ccc(Cl)cc2)Sc2ccncc2)c(=[N-])n2c1=NCC(C)(C)C2. The van der Waals surface area contributed by atoms with Gasteiger partial charge in [0, 0.05) is 41.9 Å². The van der Waals surface area contributed by atoms with Crippen molar-refractivity contribution in [3.8, 4) is 0 Å². The molecule has 1 aromatic carbocycles. The number of thioether (sulfide) groups is 1. The summed E-state index contributed by atoms with van der Waals surface area (Å²) in [5.74, 6) is 0. The summed E-state index contributed by atoms with van der Waals surface area (Å²) in [5, 5.41) is 16.2. The van der Waals surface area contributed by atoms with Crippen LogP contribution in [0.15, 0.2) is 63.5 Å². The number of pyridine rings is 1. The van der Waals surface area contributed by atoms with Gasteiger partial charge < -0.3 is 15.3 Å². The lowest BCUT2D eigenvalue weighted by molar-refractivity contribution is 0.268. The average molecular weight is 482 g/mol. The monoisotopic (exact) mass is 481 g/mol. The van der Waals surface area contributed by atoms with Crippen LogP contribution in [0.1, 0.15) is 26.3 Å². The van der Waals surface area contributed by atoms with Gasteiger partial charge in [-0.05, 0) is 54.2 Å². The van der Waals surface area contributed by atoms with Crippen LogP contribution in [0.25, 0.3) is 10.4 Å². The van der Waals surface area contributed by atoms with E-state index in [0.717, 1.165) is 10.5 Å². The minimum atomic E-state index is -0.273.